The molecule has 2 aromatic carbocycles. The number of nitrogens with one attached hydrogen (secondary N) is 1. The maximum Gasteiger partial charge on any atom is 0.338 e. The lowest BCUT2D eigenvalue weighted by Crippen LogP contribution is -1.99. The van der Waals surface area contributed by atoms with Crippen molar-refractivity contribution in [3.63, 3.8) is 0 Å². The number of carbonyl (C=O) groups is 1. The summed E-state index contributed by atoms with van der Waals surface area (Å²) < 4.78 is 13.6. The van der Waals surface area contributed by atoms with Gasteiger partial charge in [-0.05, 0) is 11.6 Å². The molecule has 0 radical (unpaired) electrons. The molecule has 4 nitrogen and oxygen atoms in total. The van der Waals surface area contributed by atoms with E-state index in [9.17, 15) is 9.18 Å². The maximum absolute atomic E-state index is 13.6. The third-order valence-corrected chi connectivity index (χ3v) is 3.06. The predicted octanol–water partition coefficient (Wildman–Crippen LogP) is 2.99. The number of carboxylic acids is 1. The number of halogens is 1. The molecular weight excluding hydrogens is 259 g/mol. The number of H-pyrrole nitrogens is 1. The van der Waals surface area contributed by atoms with Crippen molar-refractivity contribution in [2.45, 2.75) is 6.42 Å². The second-order valence-corrected chi connectivity index (χ2v) is 4.50. The van der Waals surface area contributed by atoms with Crippen molar-refractivity contribution in [1.82, 2.24) is 9.97 Å². The van der Waals surface area contributed by atoms with Gasteiger partial charge in [0, 0.05) is 12.5 Å². The Bertz CT molecular complexity index is 781. The number of carboxylic acid groups (broad SMARTS) is 1. The first-order valence-electron chi connectivity index (χ1n) is 6.09. The lowest BCUT2D eigenvalue weighted by molar-refractivity contribution is 0.0692. The van der Waals surface area contributed by atoms with E-state index in [1.807, 2.05) is 30.3 Å². The smallest absolute Gasteiger partial charge is 0.338 e. The molecule has 0 saturated carbocycles. The van der Waals surface area contributed by atoms with Gasteiger partial charge in [-0.1, -0.05) is 30.3 Å². The van der Waals surface area contributed by atoms with E-state index in [0.717, 1.165) is 5.56 Å². The Balaban J connectivity index is 2.00. The summed E-state index contributed by atoms with van der Waals surface area (Å²) in [4.78, 5) is 18.2. The SMILES string of the molecule is O=C(O)c1cc2nc(Cc3ccccc3)[nH]c2cc1F. The molecule has 3 rings (SSSR count). The molecule has 0 atom stereocenters. The monoisotopic (exact) mass is 270 g/mol. The molecule has 0 amide bonds. The third-order valence-electron chi connectivity index (χ3n) is 3.06. The Morgan fingerprint density at radius 3 is 2.70 bits per heavy atom. The lowest BCUT2D eigenvalue weighted by Gasteiger charge is -1.96. The van der Waals surface area contributed by atoms with Crippen molar-refractivity contribution in [3.05, 3.63) is 65.2 Å². The standard InChI is InChI=1S/C15H11FN2O2/c16-11-8-13-12(7-10(11)15(19)20)17-14(18-13)6-9-4-2-1-3-5-9/h1-5,7-8H,6H2,(H,17,18)(H,19,20). The van der Waals surface area contributed by atoms with Crippen molar-refractivity contribution in [1.29, 1.82) is 0 Å². The minimum Gasteiger partial charge on any atom is -0.478 e. The first-order chi connectivity index (χ1) is 9.63. The summed E-state index contributed by atoms with van der Waals surface area (Å²) in [7, 11) is 0. The van der Waals surface area contributed by atoms with Crippen LogP contribution in [0.15, 0.2) is 42.5 Å². The summed E-state index contributed by atoms with van der Waals surface area (Å²) in [6.45, 7) is 0. The molecule has 20 heavy (non-hydrogen) atoms. The number of hydrogen-bond donors (Lipinski definition) is 2. The van der Waals surface area contributed by atoms with E-state index in [-0.39, 0.29) is 5.56 Å². The first-order valence-corrected chi connectivity index (χ1v) is 6.09. The van der Waals surface area contributed by atoms with Gasteiger partial charge < -0.3 is 10.1 Å². The average molecular weight is 270 g/mol. The van der Waals surface area contributed by atoms with E-state index < -0.39 is 11.8 Å². The Kier molecular flexibility index (Phi) is 2.95. The van der Waals surface area contributed by atoms with E-state index in [1.54, 1.807) is 0 Å². The van der Waals surface area contributed by atoms with Crippen LogP contribution in [-0.2, 0) is 6.42 Å². The van der Waals surface area contributed by atoms with Gasteiger partial charge in [0.15, 0.2) is 0 Å². The van der Waals surface area contributed by atoms with Gasteiger partial charge in [-0.2, -0.15) is 0 Å². The highest BCUT2D eigenvalue weighted by Gasteiger charge is 2.14. The van der Waals surface area contributed by atoms with Gasteiger partial charge >= 0.3 is 5.97 Å². The van der Waals surface area contributed by atoms with Gasteiger partial charge in [0.05, 0.1) is 16.6 Å². The number of fused-ring (bicyclic) bond motifs is 1. The zero-order valence-corrected chi connectivity index (χ0v) is 10.4. The van der Waals surface area contributed by atoms with E-state index >= 15 is 0 Å². The van der Waals surface area contributed by atoms with Gasteiger partial charge in [-0.15, -0.1) is 0 Å². The lowest BCUT2D eigenvalue weighted by atomic mass is 10.1. The normalized spacial score (nSPS) is 10.8. The van der Waals surface area contributed by atoms with Crippen LogP contribution in [0.3, 0.4) is 0 Å². The fourth-order valence-corrected chi connectivity index (χ4v) is 2.12. The quantitative estimate of drug-likeness (QED) is 0.768. The summed E-state index contributed by atoms with van der Waals surface area (Å²) in [5.74, 6) is -1.38. The Morgan fingerprint density at radius 1 is 1.25 bits per heavy atom. The molecule has 3 aromatic rings. The molecule has 5 heteroatoms. The number of benzene rings is 2. The molecule has 0 unspecified atom stereocenters. The fourth-order valence-electron chi connectivity index (χ4n) is 2.12. The van der Waals surface area contributed by atoms with E-state index in [0.29, 0.717) is 23.3 Å². The first kappa shape index (κ1) is 12.3. The number of nitrogens with zero attached hydrogens (tertiary/aromatic N) is 1. The van der Waals surface area contributed by atoms with Crippen LogP contribution in [0.25, 0.3) is 11.0 Å². The zero-order chi connectivity index (χ0) is 14.1. The van der Waals surface area contributed by atoms with Crippen molar-refractivity contribution in [2.75, 3.05) is 0 Å². The molecule has 0 bridgehead atoms. The molecule has 1 heterocycles. The van der Waals surface area contributed by atoms with Crippen LogP contribution in [0.1, 0.15) is 21.7 Å². The Labute approximate surface area is 113 Å². The molecule has 100 valence electrons. The van der Waals surface area contributed by atoms with Gasteiger partial charge in [0.25, 0.3) is 0 Å². The molecule has 0 aliphatic carbocycles. The number of hydrogen-bond acceptors (Lipinski definition) is 2. The number of imidazole rings is 1. The largest absolute Gasteiger partial charge is 0.478 e. The average Bonchev–Trinajstić information content (AvgIpc) is 2.79. The molecule has 0 aliphatic rings. The molecule has 0 spiro atoms. The number of aromatic carboxylic acids is 1. The highest BCUT2D eigenvalue weighted by Crippen LogP contribution is 2.19. The van der Waals surface area contributed by atoms with Crippen molar-refractivity contribution >= 4 is 17.0 Å². The van der Waals surface area contributed by atoms with E-state index in [4.69, 9.17) is 5.11 Å². The van der Waals surface area contributed by atoms with Crippen LogP contribution < -0.4 is 0 Å². The third kappa shape index (κ3) is 2.25. The summed E-state index contributed by atoms with van der Waals surface area (Å²) in [6.07, 6.45) is 0.583. The van der Waals surface area contributed by atoms with Crippen LogP contribution in [0.2, 0.25) is 0 Å². The van der Waals surface area contributed by atoms with Gasteiger partial charge in [-0.25, -0.2) is 14.2 Å². The van der Waals surface area contributed by atoms with E-state index in [2.05, 4.69) is 9.97 Å². The van der Waals surface area contributed by atoms with Crippen molar-refractivity contribution in [2.24, 2.45) is 0 Å². The number of aromatic nitrogens is 2. The van der Waals surface area contributed by atoms with Crippen LogP contribution in [-0.4, -0.2) is 21.0 Å². The minimum absolute atomic E-state index is 0.365. The van der Waals surface area contributed by atoms with Crippen molar-refractivity contribution < 1.29 is 14.3 Å². The van der Waals surface area contributed by atoms with Crippen LogP contribution in [0.5, 0.6) is 0 Å². The maximum atomic E-state index is 13.6. The van der Waals surface area contributed by atoms with Gasteiger partial charge in [0.2, 0.25) is 0 Å². The molecule has 1 aromatic heterocycles. The zero-order valence-electron chi connectivity index (χ0n) is 10.4. The Morgan fingerprint density at radius 2 is 2.00 bits per heavy atom. The molecule has 0 fully saturated rings. The summed E-state index contributed by atoms with van der Waals surface area (Å²) >= 11 is 0. The van der Waals surface area contributed by atoms with E-state index in [1.165, 1.54) is 12.1 Å². The topological polar surface area (TPSA) is 66.0 Å². The summed E-state index contributed by atoms with van der Waals surface area (Å²) in [5, 5.41) is 8.89. The summed E-state index contributed by atoms with van der Waals surface area (Å²) in [6, 6.07) is 12.1. The second-order valence-electron chi connectivity index (χ2n) is 4.50. The fraction of sp³-hybridized carbons (Fsp3) is 0.0667. The van der Waals surface area contributed by atoms with Gasteiger partial charge in [-0.3, -0.25) is 0 Å². The summed E-state index contributed by atoms with van der Waals surface area (Å²) in [5.41, 5.74) is 1.66. The minimum atomic E-state index is -1.29. The molecular formula is C15H11FN2O2. The second kappa shape index (κ2) is 4.77. The predicted molar refractivity (Wildman–Crippen MR) is 72.3 cm³/mol. The molecule has 0 aliphatic heterocycles. The highest BCUT2D eigenvalue weighted by atomic mass is 19.1. The number of rotatable bonds is 3. The van der Waals surface area contributed by atoms with Crippen LogP contribution in [0, 0.1) is 5.82 Å². The Hall–Kier alpha value is -2.69. The molecule has 0 saturated heterocycles. The van der Waals surface area contributed by atoms with Crippen LogP contribution in [0.4, 0.5) is 4.39 Å². The highest BCUT2D eigenvalue weighted by molar-refractivity contribution is 5.92. The van der Waals surface area contributed by atoms with Crippen LogP contribution >= 0.6 is 0 Å². The van der Waals surface area contributed by atoms with Gasteiger partial charge in [0.1, 0.15) is 11.6 Å². The van der Waals surface area contributed by atoms with Crippen molar-refractivity contribution in [3.8, 4) is 0 Å². The molecule has 2 N–H and O–H groups in total. The number of aromatic amines is 1.